The molecule has 0 aliphatic heterocycles. The number of phosphoric acid groups is 2. The van der Waals surface area contributed by atoms with Crippen molar-refractivity contribution in [3.8, 4) is 0 Å². The highest BCUT2D eigenvalue weighted by Crippen LogP contribution is 2.72. The summed E-state index contributed by atoms with van der Waals surface area (Å²) in [5.41, 5.74) is -3.78. The lowest BCUT2D eigenvalue weighted by Crippen LogP contribution is -1.98. The van der Waals surface area contributed by atoms with Crippen LogP contribution in [0, 0.1) is 0 Å². The van der Waals surface area contributed by atoms with Crippen LogP contribution in [0.5, 0.6) is 0 Å². The molecule has 8 nitrogen and oxygen atoms in total. The highest BCUT2D eigenvalue weighted by molar-refractivity contribution is 8.61. The molecule has 2 atom stereocenters. The van der Waals surface area contributed by atoms with E-state index in [4.69, 9.17) is 11.8 Å². The highest BCUT2D eigenvalue weighted by Gasteiger charge is 2.36. The first kappa shape index (κ1) is 22.2. The molecular weight excluding hydrogens is 381 g/mol. The van der Waals surface area contributed by atoms with E-state index < -0.39 is 21.3 Å². The smallest absolute Gasteiger partial charge is 0.302 e. The molecule has 0 bridgehead atoms. The van der Waals surface area contributed by atoms with Gasteiger partial charge in [-0.2, -0.15) is 0 Å². The Balaban J connectivity index is 4.50. The Bertz CT molecular complexity index is 409. The van der Waals surface area contributed by atoms with Crippen LogP contribution in [0.15, 0.2) is 0 Å². The number of unbranched alkanes of at least 4 members (excludes halogenated alkanes) is 2. The number of hydrogen-bond acceptors (Lipinski definition) is 7. The van der Waals surface area contributed by atoms with Gasteiger partial charge in [-0.15, -0.1) is 0 Å². The number of hydrogen-bond donors (Lipinski definition) is 3. The molecule has 0 aromatic carbocycles. The van der Waals surface area contributed by atoms with Crippen LogP contribution in [-0.4, -0.2) is 23.0 Å². The molecule has 0 heterocycles. The normalized spacial score (nSPS) is 20.4. The van der Waals surface area contributed by atoms with Gasteiger partial charge < -0.3 is 9.79 Å². The van der Waals surface area contributed by atoms with Gasteiger partial charge in [-0.1, -0.05) is 38.9 Å². The third-order valence-electron chi connectivity index (χ3n) is 1.92. The maximum Gasteiger partial charge on any atom is 0.478 e. The summed E-state index contributed by atoms with van der Waals surface area (Å²) in [6.07, 6.45) is 2.59. The summed E-state index contributed by atoms with van der Waals surface area (Å²) < 4.78 is 41.5. The van der Waals surface area contributed by atoms with Gasteiger partial charge in [0, 0.05) is 0 Å². The van der Waals surface area contributed by atoms with E-state index in [1.54, 1.807) is 0 Å². The molecule has 0 aromatic rings. The Morgan fingerprint density at radius 3 is 1.57 bits per heavy atom. The van der Waals surface area contributed by atoms with E-state index in [0.717, 1.165) is 12.8 Å². The number of phosphoric ester groups is 2. The summed E-state index contributed by atoms with van der Waals surface area (Å²) in [5, 5.41) is 0. The molecule has 13 heteroatoms. The van der Waals surface area contributed by atoms with Gasteiger partial charge in [0.15, 0.2) is 0 Å². The van der Waals surface area contributed by atoms with Gasteiger partial charge in [0.05, 0.1) is 13.2 Å². The quantitative estimate of drug-likeness (QED) is 0.253. The zero-order valence-electron chi connectivity index (χ0n) is 11.8. The zero-order chi connectivity index (χ0) is 16.6. The summed E-state index contributed by atoms with van der Waals surface area (Å²) in [6, 6.07) is 0. The van der Waals surface area contributed by atoms with Crippen molar-refractivity contribution in [2.75, 3.05) is 13.2 Å². The lowest BCUT2D eigenvalue weighted by atomic mass is 10.4. The minimum absolute atomic E-state index is 0.0167. The van der Waals surface area contributed by atoms with E-state index in [-0.39, 0.29) is 13.2 Å². The largest absolute Gasteiger partial charge is 0.478 e. The second-order valence-corrected chi connectivity index (χ2v) is 12.4. The van der Waals surface area contributed by atoms with Gasteiger partial charge in [0.2, 0.25) is 0 Å². The van der Waals surface area contributed by atoms with E-state index in [1.165, 1.54) is 0 Å². The van der Waals surface area contributed by atoms with Crippen molar-refractivity contribution < 1.29 is 36.6 Å². The molecule has 0 aliphatic rings. The summed E-state index contributed by atoms with van der Waals surface area (Å²) in [7, 11) is -9.01. The van der Waals surface area contributed by atoms with Gasteiger partial charge in [-0.25, -0.2) is 17.8 Å². The minimum Gasteiger partial charge on any atom is -0.302 e. The molecule has 0 rings (SSSR count). The topological polar surface area (TPSA) is 112 Å². The van der Waals surface area contributed by atoms with Crippen molar-refractivity contribution in [1.29, 1.82) is 0 Å². The van der Waals surface area contributed by atoms with Crippen molar-refractivity contribution in [3.63, 3.8) is 0 Å². The van der Waals surface area contributed by atoms with E-state index in [0.29, 0.717) is 12.8 Å². The van der Waals surface area contributed by atoms with Crippen LogP contribution >= 0.6 is 33.6 Å². The summed E-state index contributed by atoms with van der Waals surface area (Å²) >= 11 is 8.42. The van der Waals surface area contributed by atoms with Gasteiger partial charge in [-0.3, -0.25) is 9.05 Å². The predicted molar refractivity (Wildman–Crippen MR) is 86.8 cm³/mol. The standard InChI is InChI=1S/C8H21O8P3S2/c1-3-5-7-13-17(9,10)15-19(20,21)16-18(11,12)14-8-6-4-2/h3-8H2,1-2H3,(H,9,10)(H,11,12)(H,20,21). The van der Waals surface area contributed by atoms with Crippen LogP contribution in [0.1, 0.15) is 39.5 Å². The zero-order valence-corrected chi connectivity index (χ0v) is 16.2. The van der Waals surface area contributed by atoms with Crippen LogP contribution in [-0.2, 0) is 38.6 Å². The Kier molecular flexibility index (Phi) is 10.8. The fraction of sp³-hybridized carbons (Fsp3) is 1.00. The summed E-state index contributed by atoms with van der Waals surface area (Å²) in [4.78, 5) is 18.8. The SMILES string of the molecule is CCCCOP(=O)(O)OP(=S)(S)OP(=O)(O)OCCCC. The number of rotatable bonds is 12. The first-order valence-electron chi connectivity index (χ1n) is 6.23. The molecule has 0 aromatic heterocycles. The van der Waals surface area contributed by atoms with Crippen molar-refractivity contribution in [2.45, 2.75) is 39.5 Å². The van der Waals surface area contributed by atoms with Crippen molar-refractivity contribution in [1.82, 2.24) is 0 Å². The third kappa shape index (κ3) is 12.3. The Hall–Kier alpha value is 1.22. The molecule has 0 fully saturated rings. The monoisotopic (exact) mass is 402 g/mol. The van der Waals surface area contributed by atoms with Crippen LogP contribution in [0.25, 0.3) is 0 Å². The average Bonchev–Trinajstić information content (AvgIpc) is 2.25. The maximum atomic E-state index is 11.6. The first-order valence-corrected chi connectivity index (χ1v) is 13.0. The fourth-order valence-electron chi connectivity index (χ4n) is 0.971. The lowest BCUT2D eigenvalue weighted by molar-refractivity contribution is 0.189. The molecule has 2 N–H and O–H groups in total. The van der Waals surface area contributed by atoms with Crippen LogP contribution in [0.2, 0.25) is 0 Å². The van der Waals surface area contributed by atoms with Crippen molar-refractivity contribution in [3.05, 3.63) is 0 Å². The molecule has 0 aliphatic carbocycles. The van der Waals surface area contributed by atoms with E-state index in [2.05, 4.69) is 29.9 Å². The molecule has 2 unspecified atom stereocenters. The Morgan fingerprint density at radius 1 is 0.952 bits per heavy atom. The average molecular weight is 402 g/mol. The second kappa shape index (κ2) is 10.2. The lowest BCUT2D eigenvalue weighted by Gasteiger charge is -2.21. The van der Waals surface area contributed by atoms with E-state index >= 15 is 0 Å². The van der Waals surface area contributed by atoms with E-state index in [1.807, 2.05) is 13.8 Å². The van der Waals surface area contributed by atoms with Gasteiger partial charge in [0.1, 0.15) is 0 Å². The highest BCUT2D eigenvalue weighted by atomic mass is 32.9. The van der Waals surface area contributed by atoms with Crippen LogP contribution in [0.3, 0.4) is 0 Å². The number of thiol groups is 1. The Morgan fingerprint density at radius 2 is 1.29 bits per heavy atom. The second-order valence-electron chi connectivity index (χ2n) is 3.94. The predicted octanol–water partition coefficient (Wildman–Crippen LogP) is 4.01. The minimum atomic E-state index is -4.51. The van der Waals surface area contributed by atoms with E-state index in [9.17, 15) is 18.9 Å². The van der Waals surface area contributed by atoms with Gasteiger partial charge in [0.25, 0.3) is 5.69 Å². The molecule has 0 saturated heterocycles. The van der Waals surface area contributed by atoms with Gasteiger partial charge in [-0.05, 0) is 24.6 Å². The first-order chi connectivity index (χ1) is 9.54. The molecule has 0 saturated carbocycles. The molecule has 0 spiro atoms. The molecular formula is C8H21O8P3S2. The summed E-state index contributed by atoms with van der Waals surface area (Å²) in [6.45, 7) is 3.71. The molecule has 128 valence electrons. The fourth-order valence-corrected chi connectivity index (χ4v) is 7.72. The maximum absolute atomic E-state index is 11.6. The molecule has 0 radical (unpaired) electrons. The van der Waals surface area contributed by atoms with Crippen molar-refractivity contribution >= 4 is 45.4 Å². The summed E-state index contributed by atoms with van der Waals surface area (Å²) in [5.74, 6) is 0. The third-order valence-corrected chi connectivity index (χ3v) is 8.75. The molecule has 21 heavy (non-hydrogen) atoms. The Labute approximate surface area is 135 Å². The van der Waals surface area contributed by atoms with Crippen LogP contribution in [0.4, 0.5) is 0 Å². The van der Waals surface area contributed by atoms with Crippen molar-refractivity contribution in [2.24, 2.45) is 0 Å². The van der Waals surface area contributed by atoms with Gasteiger partial charge >= 0.3 is 15.6 Å². The van der Waals surface area contributed by atoms with Crippen LogP contribution < -0.4 is 0 Å². The molecule has 0 amide bonds.